The van der Waals surface area contributed by atoms with E-state index in [0.29, 0.717) is 26.9 Å². The quantitative estimate of drug-likeness (QED) is 0.679. The van der Waals surface area contributed by atoms with E-state index in [4.69, 9.17) is 10.5 Å². The SMILES string of the molecule is Cc1ccc(COc2c(Br)cc(C(=O)NC(N)=S)cc2Br)cc1. The highest BCUT2D eigenvalue weighted by Gasteiger charge is 2.14. The van der Waals surface area contributed by atoms with Crippen molar-refractivity contribution < 1.29 is 9.53 Å². The van der Waals surface area contributed by atoms with E-state index in [0.717, 1.165) is 5.56 Å². The zero-order valence-electron chi connectivity index (χ0n) is 12.2. The minimum Gasteiger partial charge on any atom is -0.487 e. The molecule has 0 aliphatic carbocycles. The van der Waals surface area contributed by atoms with E-state index in [1.54, 1.807) is 12.1 Å². The number of hydrogen-bond acceptors (Lipinski definition) is 3. The van der Waals surface area contributed by atoms with Gasteiger partial charge < -0.3 is 10.5 Å². The highest BCUT2D eigenvalue weighted by Crippen LogP contribution is 2.35. The molecular weight excluding hydrogens is 444 g/mol. The number of hydrogen-bond donors (Lipinski definition) is 2. The monoisotopic (exact) mass is 456 g/mol. The van der Waals surface area contributed by atoms with Crippen molar-refractivity contribution in [1.82, 2.24) is 5.32 Å². The van der Waals surface area contributed by atoms with Crippen LogP contribution >= 0.6 is 44.1 Å². The van der Waals surface area contributed by atoms with Gasteiger partial charge in [-0.2, -0.15) is 0 Å². The summed E-state index contributed by atoms with van der Waals surface area (Å²) in [7, 11) is 0. The molecule has 23 heavy (non-hydrogen) atoms. The van der Waals surface area contributed by atoms with E-state index in [1.807, 2.05) is 31.2 Å². The molecule has 120 valence electrons. The predicted molar refractivity (Wildman–Crippen MR) is 102 cm³/mol. The van der Waals surface area contributed by atoms with Crippen LogP contribution in [-0.4, -0.2) is 11.0 Å². The summed E-state index contributed by atoms with van der Waals surface area (Å²) >= 11 is 11.5. The Labute approximate surface area is 156 Å². The molecular formula is C16H14Br2N2O2S. The number of benzene rings is 2. The van der Waals surface area contributed by atoms with Gasteiger partial charge >= 0.3 is 0 Å². The van der Waals surface area contributed by atoms with Gasteiger partial charge in [-0.3, -0.25) is 10.1 Å². The minimum atomic E-state index is -0.371. The van der Waals surface area contributed by atoms with Crippen molar-refractivity contribution in [2.75, 3.05) is 0 Å². The molecule has 0 atom stereocenters. The Balaban J connectivity index is 2.15. The van der Waals surface area contributed by atoms with Gasteiger partial charge in [-0.1, -0.05) is 29.8 Å². The van der Waals surface area contributed by atoms with E-state index in [9.17, 15) is 4.79 Å². The first-order chi connectivity index (χ1) is 10.9. The fourth-order valence-corrected chi connectivity index (χ4v) is 3.36. The van der Waals surface area contributed by atoms with Gasteiger partial charge in [-0.25, -0.2) is 0 Å². The molecule has 0 aliphatic rings. The van der Waals surface area contributed by atoms with Crippen LogP contribution in [0.15, 0.2) is 45.3 Å². The van der Waals surface area contributed by atoms with Crippen LogP contribution in [-0.2, 0) is 6.61 Å². The molecule has 0 unspecified atom stereocenters. The van der Waals surface area contributed by atoms with Gasteiger partial charge in [0.1, 0.15) is 12.4 Å². The first-order valence-electron chi connectivity index (χ1n) is 6.65. The Hall–Kier alpha value is -1.44. The van der Waals surface area contributed by atoms with Crippen LogP contribution in [0.1, 0.15) is 21.5 Å². The normalized spacial score (nSPS) is 10.2. The lowest BCUT2D eigenvalue weighted by atomic mass is 10.1. The molecule has 0 saturated carbocycles. The summed E-state index contributed by atoms with van der Waals surface area (Å²) in [4.78, 5) is 11.9. The number of aryl methyl sites for hydroxylation is 1. The summed E-state index contributed by atoms with van der Waals surface area (Å²) in [6.45, 7) is 2.46. The molecule has 0 heterocycles. The molecule has 4 nitrogen and oxygen atoms in total. The molecule has 1 amide bonds. The summed E-state index contributed by atoms with van der Waals surface area (Å²) in [6.07, 6.45) is 0. The standard InChI is InChI=1S/C16H14Br2N2O2S/c1-9-2-4-10(5-3-9)8-22-14-12(17)6-11(7-13(14)18)15(21)20-16(19)23/h2-7H,8H2,1H3,(H3,19,20,21,23). The summed E-state index contributed by atoms with van der Waals surface area (Å²) in [5, 5.41) is 2.32. The largest absolute Gasteiger partial charge is 0.487 e. The fourth-order valence-electron chi connectivity index (χ4n) is 1.85. The smallest absolute Gasteiger partial charge is 0.257 e. The van der Waals surface area contributed by atoms with Crippen molar-refractivity contribution in [3.8, 4) is 5.75 Å². The predicted octanol–water partition coefficient (Wildman–Crippen LogP) is 4.07. The third kappa shape index (κ3) is 5.02. The van der Waals surface area contributed by atoms with E-state index < -0.39 is 0 Å². The van der Waals surface area contributed by atoms with Crippen molar-refractivity contribution in [3.63, 3.8) is 0 Å². The Kier molecular flexibility index (Phi) is 6.15. The van der Waals surface area contributed by atoms with Crippen molar-refractivity contribution in [1.29, 1.82) is 0 Å². The summed E-state index contributed by atoms with van der Waals surface area (Å²) in [6, 6.07) is 11.4. The third-order valence-corrected chi connectivity index (χ3v) is 4.28. The highest BCUT2D eigenvalue weighted by molar-refractivity contribution is 9.11. The van der Waals surface area contributed by atoms with Crippen molar-refractivity contribution in [2.45, 2.75) is 13.5 Å². The molecule has 0 fully saturated rings. The van der Waals surface area contributed by atoms with Crippen LogP contribution in [0, 0.1) is 6.92 Å². The number of thiocarbonyl (C=S) groups is 1. The average Bonchev–Trinajstić information content (AvgIpc) is 2.47. The van der Waals surface area contributed by atoms with Crippen LogP contribution in [0.3, 0.4) is 0 Å². The van der Waals surface area contributed by atoms with E-state index in [-0.39, 0.29) is 11.0 Å². The number of carbonyl (C=O) groups excluding carboxylic acids is 1. The van der Waals surface area contributed by atoms with Crippen LogP contribution in [0.25, 0.3) is 0 Å². The first kappa shape index (κ1) is 17.9. The Morgan fingerprint density at radius 3 is 2.30 bits per heavy atom. The molecule has 0 bridgehead atoms. The molecule has 0 saturated heterocycles. The van der Waals surface area contributed by atoms with Crippen LogP contribution in [0.4, 0.5) is 0 Å². The van der Waals surface area contributed by atoms with Crippen LogP contribution in [0.5, 0.6) is 5.75 Å². The molecule has 2 aromatic carbocycles. The molecule has 0 spiro atoms. The maximum Gasteiger partial charge on any atom is 0.257 e. The zero-order valence-corrected chi connectivity index (χ0v) is 16.2. The van der Waals surface area contributed by atoms with Gasteiger partial charge in [0, 0.05) is 5.56 Å². The van der Waals surface area contributed by atoms with Crippen molar-refractivity contribution in [2.24, 2.45) is 5.73 Å². The van der Waals surface area contributed by atoms with Gasteiger partial charge in [-0.05, 0) is 68.7 Å². The summed E-state index contributed by atoms with van der Waals surface area (Å²) < 4.78 is 7.15. The number of ether oxygens (including phenoxy) is 1. The molecule has 2 aromatic rings. The third-order valence-electron chi connectivity index (χ3n) is 3.00. The topological polar surface area (TPSA) is 64.3 Å². The fraction of sp³-hybridized carbons (Fsp3) is 0.125. The summed E-state index contributed by atoms with van der Waals surface area (Å²) in [5.74, 6) is 0.251. The lowest BCUT2D eigenvalue weighted by Gasteiger charge is -2.12. The van der Waals surface area contributed by atoms with Crippen molar-refractivity contribution in [3.05, 3.63) is 62.0 Å². The average molecular weight is 458 g/mol. The summed E-state index contributed by atoms with van der Waals surface area (Å²) in [5.41, 5.74) is 7.99. The molecule has 0 aliphatic heterocycles. The van der Waals surface area contributed by atoms with Gasteiger partial charge in [-0.15, -0.1) is 0 Å². The zero-order chi connectivity index (χ0) is 17.0. The van der Waals surface area contributed by atoms with Gasteiger partial charge in [0.2, 0.25) is 0 Å². The van der Waals surface area contributed by atoms with E-state index in [1.165, 1.54) is 5.56 Å². The van der Waals surface area contributed by atoms with Crippen LogP contribution < -0.4 is 15.8 Å². The van der Waals surface area contributed by atoms with Gasteiger partial charge in [0.15, 0.2) is 5.11 Å². The molecule has 7 heteroatoms. The van der Waals surface area contributed by atoms with Crippen molar-refractivity contribution >= 4 is 55.1 Å². The molecule has 0 aromatic heterocycles. The highest BCUT2D eigenvalue weighted by atomic mass is 79.9. The Morgan fingerprint density at radius 1 is 1.22 bits per heavy atom. The first-order valence-corrected chi connectivity index (χ1v) is 8.64. The molecule has 3 N–H and O–H groups in total. The number of rotatable bonds is 4. The number of halogens is 2. The number of carbonyl (C=O) groups is 1. The maximum atomic E-state index is 11.9. The molecule has 2 rings (SSSR count). The lowest BCUT2D eigenvalue weighted by molar-refractivity contribution is 0.0977. The second-order valence-corrected chi connectivity index (χ2v) is 7.01. The Bertz CT molecular complexity index is 725. The van der Waals surface area contributed by atoms with Gasteiger partial charge in [0.25, 0.3) is 5.91 Å². The second-order valence-electron chi connectivity index (χ2n) is 4.86. The number of amides is 1. The molecule has 0 radical (unpaired) electrons. The van der Waals surface area contributed by atoms with Crippen LogP contribution in [0.2, 0.25) is 0 Å². The minimum absolute atomic E-state index is 0.0676. The lowest BCUT2D eigenvalue weighted by Crippen LogP contribution is -2.34. The Morgan fingerprint density at radius 2 is 1.78 bits per heavy atom. The second kappa shape index (κ2) is 7.90. The number of nitrogens with two attached hydrogens (primary N) is 1. The maximum absolute atomic E-state index is 11.9. The van der Waals surface area contributed by atoms with E-state index >= 15 is 0 Å². The van der Waals surface area contributed by atoms with Gasteiger partial charge in [0.05, 0.1) is 8.95 Å². The number of nitrogens with one attached hydrogen (secondary N) is 1. The van der Waals surface area contributed by atoms with E-state index in [2.05, 4.69) is 49.4 Å².